The SMILES string of the molecule is CCC(CO)(CO)NC(=O)C(C)(C)Oc1ccc(Cl)cc1. The van der Waals surface area contributed by atoms with Gasteiger partial charge in [0.15, 0.2) is 5.60 Å². The number of aliphatic hydroxyl groups is 2. The third-order valence-corrected chi connectivity index (χ3v) is 3.65. The van der Waals surface area contributed by atoms with Gasteiger partial charge in [0.05, 0.1) is 18.8 Å². The molecule has 1 aromatic rings. The van der Waals surface area contributed by atoms with Crippen LogP contribution in [0.2, 0.25) is 5.02 Å². The third-order valence-electron chi connectivity index (χ3n) is 3.39. The molecule has 0 heterocycles. The van der Waals surface area contributed by atoms with Crippen LogP contribution in [0, 0.1) is 0 Å². The molecule has 0 saturated heterocycles. The van der Waals surface area contributed by atoms with Crippen LogP contribution in [0.5, 0.6) is 5.75 Å². The van der Waals surface area contributed by atoms with E-state index in [0.717, 1.165) is 0 Å². The first-order valence-corrected chi connectivity index (χ1v) is 7.15. The highest BCUT2D eigenvalue weighted by atomic mass is 35.5. The molecule has 0 radical (unpaired) electrons. The zero-order valence-electron chi connectivity index (χ0n) is 12.5. The van der Waals surface area contributed by atoms with E-state index in [4.69, 9.17) is 16.3 Å². The lowest BCUT2D eigenvalue weighted by molar-refractivity contribution is -0.137. The number of ether oxygens (including phenoxy) is 1. The molecule has 5 nitrogen and oxygen atoms in total. The maximum atomic E-state index is 12.3. The van der Waals surface area contributed by atoms with Gasteiger partial charge in [-0.3, -0.25) is 4.79 Å². The molecular formula is C15H22ClNO4. The van der Waals surface area contributed by atoms with Crippen molar-refractivity contribution in [1.29, 1.82) is 0 Å². The summed E-state index contributed by atoms with van der Waals surface area (Å²) in [5.41, 5.74) is -2.20. The van der Waals surface area contributed by atoms with Gasteiger partial charge in [-0.15, -0.1) is 0 Å². The summed E-state index contributed by atoms with van der Waals surface area (Å²) in [7, 11) is 0. The van der Waals surface area contributed by atoms with Gasteiger partial charge in [-0.05, 0) is 44.5 Å². The van der Waals surface area contributed by atoms with Crippen LogP contribution in [-0.2, 0) is 4.79 Å². The predicted octanol–water partition coefficient (Wildman–Crippen LogP) is 1.75. The molecule has 0 aliphatic rings. The van der Waals surface area contributed by atoms with Gasteiger partial charge >= 0.3 is 0 Å². The highest BCUT2D eigenvalue weighted by Gasteiger charge is 2.37. The van der Waals surface area contributed by atoms with Crippen LogP contribution in [0.15, 0.2) is 24.3 Å². The van der Waals surface area contributed by atoms with Crippen LogP contribution in [0.3, 0.4) is 0 Å². The average Bonchev–Trinajstić information content (AvgIpc) is 2.47. The maximum Gasteiger partial charge on any atom is 0.264 e. The second kappa shape index (κ2) is 7.11. The summed E-state index contributed by atoms with van der Waals surface area (Å²) in [6, 6.07) is 6.68. The first-order valence-electron chi connectivity index (χ1n) is 6.77. The highest BCUT2D eigenvalue weighted by Crippen LogP contribution is 2.22. The lowest BCUT2D eigenvalue weighted by atomic mass is 9.96. The van der Waals surface area contributed by atoms with Crippen molar-refractivity contribution in [3.05, 3.63) is 29.3 Å². The van der Waals surface area contributed by atoms with Crippen molar-refractivity contribution in [2.24, 2.45) is 0 Å². The molecule has 0 atom stereocenters. The minimum atomic E-state index is -1.15. The van der Waals surface area contributed by atoms with E-state index in [1.54, 1.807) is 45.0 Å². The third kappa shape index (κ3) is 4.59. The maximum absolute atomic E-state index is 12.3. The summed E-state index contributed by atoms with van der Waals surface area (Å²) >= 11 is 5.80. The Kier molecular flexibility index (Phi) is 6.01. The normalized spacial score (nSPS) is 12.1. The Balaban J connectivity index is 2.81. The van der Waals surface area contributed by atoms with Crippen molar-refractivity contribution >= 4 is 17.5 Å². The van der Waals surface area contributed by atoms with Gasteiger partial charge in [0.2, 0.25) is 0 Å². The predicted molar refractivity (Wildman–Crippen MR) is 81.5 cm³/mol. The number of aliphatic hydroxyl groups excluding tert-OH is 2. The molecule has 3 N–H and O–H groups in total. The highest BCUT2D eigenvalue weighted by molar-refractivity contribution is 6.30. The van der Waals surface area contributed by atoms with Crippen molar-refractivity contribution in [3.8, 4) is 5.75 Å². The number of carbonyl (C=O) groups excluding carboxylic acids is 1. The molecule has 6 heteroatoms. The smallest absolute Gasteiger partial charge is 0.264 e. The van der Waals surface area contributed by atoms with Crippen LogP contribution in [-0.4, -0.2) is 40.5 Å². The Morgan fingerprint density at radius 3 is 2.19 bits per heavy atom. The molecule has 1 amide bonds. The van der Waals surface area contributed by atoms with Gasteiger partial charge in [0, 0.05) is 5.02 Å². The van der Waals surface area contributed by atoms with Gasteiger partial charge < -0.3 is 20.3 Å². The summed E-state index contributed by atoms with van der Waals surface area (Å²) in [5.74, 6) is 0.0945. The lowest BCUT2D eigenvalue weighted by Crippen LogP contribution is -2.59. The van der Waals surface area contributed by atoms with Crippen molar-refractivity contribution in [1.82, 2.24) is 5.32 Å². The fourth-order valence-electron chi connectivity index (χ4n) is 1.68. The Morgan fingerprint density at radius 2 is 1.76 bits per heavy atom. The Labute approximate surface area is 129 Å². The Hall–Kier alpha value is -1.30. The van der Waals surface area contributed by atoms with Crippen molar-refractivity contribution < 1.29 is 19.7 Å². The number of hydrogen-bond donors (Lipinski definition) is 3. The van der Waals surface area contributed by atoms with Crippen LogP contribution in [0.1, 0.15) is 27.2 Å². The van der Waals surface area contributed by atoms with Gasteiger partial charge in [0.1, 0.15) is 5.75 Å². The van der Waals surface area contributed by atoms with Gasteiger partial charge in [-0.25, -0.2) is 0 Å². The standard InChI is InChI=1S/C15H22ClNO4/c1-4-15(9-18,10-19)17-13(20)14(2,3)21-12-7-5-11(16)6-8-12/h5-8,18-19H,4,9-10H2,1-3H3,(H,17,20). The molecule has 0 fully saturated rings. The molecule has 0 spiro atoms. The van der Waals surface area contributed by atoms with E-state index in [1.807, 2.05) is 0 Å². The van der Waals surface area contributed by atoms with Crippen LogP contribution < -0.4 is 10.1 Å². The molecular weight excluding hydrogens is 294 g/mol. The minimum Gasteiger partial charge on any atom is -0.478 e. The van der Waals surface area contributed by atoms with Crippen LogP contribution in [0.4, 0.5) is 0 Å². The molecule has 1 aromatic carbocycles. The largest absolute Gasteiger partial charge is 0.478 e. The van der Waals surface area contributed by atoms with E-state index < -0.39 is 17.0 Å². The lowest BCUT2D eigenvalue weighted by Gasteiger charge is -2.34. The molecule has 0 aliphatic heterocycles. The van der Waals surface area contributed by atoms with E-state index in [9.17, 15) is 15.0 Å². The summed E-state index contributed by atoms with van der Waals surface area (Å²) < 4.78 is 5.66. The number of amides is 1. The van der Waals surface area contributed by atoms with Crippen molar-refractivity contribution in [3.63, 3.8) is 0 Å². The van der Waals surface area contributed by atoms with E-state index in [-0.39, 0.29) is 13.2 Å². The molecule has 1 rings (SSSR count). The number of benzene rings is 1. The summed E-state index contributed by atoms with van der Waals surface area (Å²) in [5, 5.41) is 22.0. The number of carbonyl (C=O) groups is 1. The molecule has 118 valence electrons. The minimum absolute atomic E-state index is 0.344. The summed E-state index contributed by atoms with van der Waals surface area (Å²) in [6.45, 7) is 4.32. The summed E-state index contributed by atoms with van der Waals surface area (Å²) in [4.78, 5) is 12.3. The van der Waals surface area contributed by atoms with Crippen LogP contribution in [0.25, 0.3) is 0 Å². The average molecular weight is 316 g/mol. The first-order chi connectivity index (χ1) is 9.78. The zero-order chi connectivity index (χ0) is 16.1. The monoisotopic (exact) mass is 315 g/mol. The van der Waals surface area contributed by atoms with Crippen molar-refractivity contribution in [2.45, 2.75) is 38.3 Å². The second-order valence-corrected chi connectivity index (χ2v) is 5.91. The fraction of sp³-hybridized carbons (Fsp3) is 0.533. The number of hydrogen-bond acceptors (Lipinski definition) is 4. The molecule has 0 unspecified atom stereocenters. The van der Waals surface area contributed by atoms with Gasteiger partial charge in [0.25, 0.3) is 5.91 Å². The quantitative estimate of drug-likeness (QED) is 0.716. The fourth-order valence-corrected chi connectivity index (χ4v) is 1.80. The molecule has 0 aromatic heterocycles. The van der Waals surface area contributed by atoms with Crippen molar-refractivity contribution in [2.75, 3.05) is 13.2 Å². The number of halogens is 1. The van der Waals surface area contributed by atoms with E-state index in [0.29, 0.717) is 17.2 Å². The van der Waals surface area contributed by atoms with Gasteiger partial charge in [-0.1, -0.05) is 18.5 Å². The van der Waals surface area contributed by atoms with E-state index >= 15 is 0 Å². The topological polar surface area (TPSA) is 78.8 Å². The van der Waals surface area contributed by atoms with Gasteiger partial charge in [-0.2, -0.15) is 0 Å². The Bertz CT molecular complexity index is 461. The number of rotatable bonds is 7. The molecule has 0 saturated carbocycles. The molecule has 0 aliphatic carbocycles. The van der Waals surface area contributed by atoms with E-state index in [2.05, 4.69) is 5.32 Å². The zero-order valence-corrected chi connectivity index (χ0v) is 13.3. The van der Waals surface area contributed by atoms with Crippen LogP contribution >= 0.6 is 11.6 Å². The first kappa shape index (κ1) is 17.8. The second-order valence-electron chi connectivity index (χ2n) is 5.47. The molecule has 21 heavy (non-hydrogen) atoms. The van der Waals surface area contributed by atoms with E-state index in [1.165, 1.54) is 0 Å². The summed E-state index contributed by atoms with van der Waals surface area (Å²) in [6.07, 6.45) is 0.406. The molecule has 0 bridgehead atoms. The Morgan fingerprint density at radius 1 is 1.24 bits per heavy atom. The number of nitrogens with one attached hydrogen (secondary N) is 1.